The van der Waals surface area contributed by atoms with Crippen LogP contribution in [-0.2, 0) is 6.42 Å². The summed E-state index contributed by atoms with van der Waals surface area (Å²) in [5, 5.41) is 0.00945. The lowest BCUT2D eigenvalue weighted by Crippen LogP contribution is -2.12. The average Bonchev–Trinajstić information content (AvgIpc) is 2.03. The predicted octanol–water partition coefficient (Wildman–Crippen LogP) is 1.83. The molecule has 60 valence electrons. The molecule has 0 heterocycles. The highest BCUT2D eigenvalue weighted by Crippen LogP contribution is 2.04. The molecule has 0 aliphatic heterocycles. The first kappa shape index (κ1) is 8.62. The lowest BCUT2D eigenvalue weighted by molar-refractivity contribution is 0.791. The summed E-state index contributed by atoms with van der Waals surface area (Å²) in [6, 6.07) is 10.3. The normalized spacial score (nSPS) is 12.9. The number of nitrogens with two attached hydrogens (primary N) is 1. The Hall–Kier alpha value is -0.470. The van der Waals surface area contributed by atoms with E-state index < -0.39 is 0 Å². The Bertz CT molecular complexity index is 196. The third kappa shape index (κ3) is 3.44. The van der Waals surface area contributed by atoms with Gasteiger partial charge in [-0.05, 0) is 18.4 Å². The summed E-state index contributed by atoms with van der Waals surface area (Å²) < 4.78 is 0. The molecule has 0 radical (unpaired) electrons. The van der Waals surface area contributed by atoms with Gasteiger partial charge in [0, 0.05) is 5.37 Å². The number of aryl methyl sites for hydroxylation is 1. The van der Waals surface area contributed by atoms with Crippen molar-refractivity contribution in [2.45, 2.75) is 18.2 Å². The molecule has 0 amide bonds. The van der Waals surface area contributed by atoms with Gasteiger partial charge in [-0.3, -0.25) is 0 Å². The minimum Gasteiger partial charge on any atom is -0.320 e. The van der Waals surface area contributed by atoms with E-state index in [0.29, 0.717) is 0 Å². The Morgan fingerprint density at radius 2 is 1.91 bits per heavy atom. The lowest BCUT2D eigenvalue weighted by atomic mass is 10.1. The predicted molar refractivity (Wildman–Crippen MR) is 51.7 cm³/mol. The van der Waals surface area contributed by atoms with E-state index in [1.54, 1.807) is 0 Å². The third-order valence-corrected chi connectivity index (χ3v) is 1.83. The molecule has 1 rings (SSSR count). The van der Waals surface area contributed by atoms with Crippen LogP contribution in [0.3, 0.4) is 0 Å². The Morgan fingerprint density at radius 3 is 2.45 bits per heavy atom. The van der Waals surface area contributed by atoms with Gasteiger partial charge in [0.25, 0.3) is 0 Å². The zero-order valence-electron chi connectivity index (χ0n) is 6.40. The summed E-state index contributed by atoms with van der Waals surface area (Å²) in [4.78, 5) is 0. The molecular formula is C9H13NS. The van der Waals surface area contributed by atoms with Gasteiger partial charge in [0.05, 0.1) is 0 Å². The Kier molecular flexibility index (Phi) is 3.46. The van der Waals surface area contributed by atoms with E-state index in [9.17, 15) is 0 Å². The van der Waals surface area contributed by atoms with Gasteiger partial charge < -0.3 is 5.73 Å². The van der Waals surface area contributed by atoms with E-state index in [4.69, 9.17) is 5.73 Å². The van der Waals surface area contributed by atoms with Gasteiger partial charge in [0.2, 0.25) is 0 Å². The highest BCUT2D eigenvalue weighted by Gasteiger charge is 1.95. The lowest BCUT2D eigenvalue weighted by Gasteiger charge is -2.02. The van der Waals surface area contributed by atoms with Crippen LogP contribution >= 0.6 is 12.6 Å². The molecular weight excluding hydrogens is 154 g/mol. The number of thiol groups is 1. The zero-order valence-corrected chi connectivity index (χ0v) is 7.30. The van der Waals surface area contributed by atoms with E-state index in [0.717, 1.165) is 12.8 Å². The molecule has 0 fully saturated rings. The molecule has 0 saturated heterocycles. The third-order valence-electron chi connectivity index (χ3n) is 1.57. The van der Waals surface area contributed by atoms with Gasteiger partial charge in [-0.2, -0.15) is 12.6 Å². The van der Waals surface area contributed by atoms with Crippen LogP contribution in [0.1, 0.15) is 12.0 Å². The van der Waals surface area contributed by atoms with E-state index in [1.807, 2.05) is 18.2 Å². The van der Waals surface area contributed by atoms with E-state index in [-0.39, 0.29) is 5.37 Å². The van der Waals surface area contributed by atoms with Crippen molar-refractivity contribution in [3.05, 3.63) is 35.9 Å². The summed E-state index contributed by atoms with van der Waals surface area (Å²) in [5.74, 6) is 0. The van der Waals surface area contributed by atoms with Crippen molar-refractivity contribution >= 4 is 12.6 Å². The van der Waals surface area contributed by atoms with Crippen LogP contribution < -0.4 is 5.73 Å². The molecule has 0 aromatic heterocycles. The maximum Gasteiger partial charge on any atom is 0.0480 e. The van der Waals surface area contributed by atoms with Gasteiger partial charge in [-0.1, -0.05) is 30.3 Å². The number of hydrogen-bond acceptors (Lipinski definition) is 2. The highest BCUT2D eigenvalue weighted by molar-refractivity contribution is 7.80. The van der Waals surface area contributed by atoms with Crippen LogP contribution in [0.5, 0.6) is 0 Å². The minimum absolute atomic E-state index is 0.00945. The second kappa shape index (κ2) is 4.42. The Morgan fingerprint density at radius 1 is 1.27 bits per heavy atom. The van der Waals surface area contributed by atoms with Crippen molar-refractivity contribution in [3.63, 3.8) is 0 Å². The molecule has 0 bridgehead atoms. The number of rotatable bonds is 3. The van der Waals surface area contributed by atoms with Gasteiger partial charge in [-0.15, -0.1) is 0 Å². The van der Waals surface area contributed by atoms with E-state index >= 15 is 0 Å². The molecule has 1 aromatic carbocycles. The molecule has 1 atom stereocenters. The van der Waals surface area contributed by atoms with Crippen LogP contribution in [0.4, 0.5) is 0 Å². The molecule has 11 heavy (non-hydrogen) atoms. The Balaban J connectivity index is 2.39. The van der Waals surface area contributed by atoms with Crippen molar-refractivity contribution in [2.24, 2.45) is 5.73 Å². The first-order valence-corrected chi connectivity index (χ1v) is 4.28. The van der Waals surface area contributed by atoms with Crippen LogP contribution in [-0.4, -0.2) is 5.37 Å². The average molecular weight is 167 g/mol. The van der Waals surface area contributed by atoms with Crippen LogP contribution in [0, 0.1) is 0 Å². The fraction of sp³-hybridized carbons (Fsp3) is 0.333. The monoisotopic (exact) mass is 167 g/mol. The van der Waals surface area contributed by atoms with Crippen molar-refractivity contribution < 1.29 is 0 Å². The first-order valence-electron chi connectivity index (χ1n) is 3.76. The smallest absolute Gasteiger partial charge is 0.0480 e. The topological polar surface area (TPSA) is 26.0 Å². The van der Waals surface area contributed by atoms with Crippen LogP contribution in [0.15, 0.2) is 30.3 Å². The van der Waals surface area contributed by atoms with Crippen LogP contribution in [0.2, 0.25) is 0 Å². The summed E-state index contributed by atoms with van der Waals surface area (Å²) in [7, 11) is 0. The molecule has 1 aromatic rings. The fourth-order valence-corrected chi connectivity index (χ4v) is 1.09. The maximum absolute atomic E-state index is 5.50. The molecule has 0 aliphatic rings. The first-order chi connectivity index (χ1) is 5.29. The molecule has 0 spiro atoms. The molecule has 1 unspecified atom stereocenters. The van der Waals surface area contributed by atoms with Gasteiger partial charge in [0.15, 0.2) is 0 Å². The van der Waals surface area contributed by atoms with Gasteiger partial charge >= 0.3 is 0 Å². The summed E-state index contributed by atoms with van der Waals surface area (Å²) >= 11 is 4.11. The van der Waals surface area contributed by atoms with Crippen molar-refractivity contribution in [1.29, 1.82) is 0 Å². The quantitative estimate of drug-likeness (QED) is 0.521. The van der Waals surface area contributed by atoms with Gasteiger partial charge in [-0.25, -0.2) is 0 Å². The largest absolute Gasteiger partial charge is 0.320 e. The van der Waals surface area contributed by atoms with E-state index in [1.165, 1.54) is 5.56 Å². The standard InChI is InChI=1S/C9H13NS/c10-9(11)7-6-8-4-2-1-3-5-8/h1-5,9,11H,6-7,10H2. The minimum atomic E-state index is 0.00945. The van der Waals surface area contributed by atoms with Crippen molar-refractivity contribution in [2.75, 3.05) is 0 Å². The summed E-state index contributed by atoms with van der Waals surface area (Å²) in [6.07, 6.45) is 1.96. The SMILES string of the molecule is NC(S)CCc1ccccc1. The highest BCUT2D eigenvalue weighted by atomic mass is 32.1. The van der Waals surface area contributed by atoms with Crippen molar-refractivity contribution in [3.8, 4) is 0 Å². The molecule has 2 heteroatoms. The van der Waals surface area contributed by atoms with E-state index in [2.05, 4.69) is 24.8 Å². The fourth-order valence-electron chi connectivity index (χ4n) is 0.959. The molecule has 0 aliphatic carbocycles. The summed E-state index contributed by atoms with van der Waals surface area (Å²) in [5.41, 5.74) is 6.83. The molecule has 2 N–H and O–H groups in total. The molecule has 0 saturated carbocycles. The maximum atomic E-state index is 5.50. The Labute approximate surface area is 73.0 Å². The second-order valence-corrected chi connectivity index (χ2v) is 3.25. The zero-order chi connectivity index (χ0) is 8.10. The second-order valence-electron chi connectivity index (χ2n) is 2.59. The summed E-state index contributed by atoms with van der Waals surface area (Å²) in [6.45, 7) is 0. The van der Waals surface area contributed by atoms with Gasteiger partial charge in [0.1, 0.15) is 0 Å². The van der Waals surface area contributed by atoms with Crippen molar-refractivity contribution in [1.82, 2.24) is 0 Å². The molecule has 1 nitrogen and oxygen atoms in total. The van der Waals surface area contributed by atoms with Crippen LogP contribution in [0.25, 0.3) is 0 Å². The number of hydrogen-bond donors (Lipinski definition) is 2. The number of benzene rings is 1.